The molecule has 2 N–H and O–H groups in total. The zero-order chi connectivity index (χ0) is 25.4. The van der Waals surface area contributed by atoms with E-state index in [4.69, 9.17) is 4.74 Å². The molecule has 6 rings (SSSR count). The number of H-pyrrole nitrogens is 1. The highest BCUT2D eigenvalue weighted by Crippen LogP contribution is 2.32. The second-order valence-corrected chi connectivity index (χ2v) is 10.3. The highest BCUT2D eigenvalue weighted by atomic mass is 16.5. The summed E-state index contributed by atoms with van der Waals surface area (Å²) in [5.41, 5.74) is 3.76. The van der Waals surface area contributed by atoms with Crippen LogP contribution in [0.15, 0.2) is 30.3 Å². The van der Waals surface area contributed by atoms with Crippen molar-refractivity contribution < 1.29 is 19.4 Å². The van der Waals surface area contributed by atoms with E-state index >= 15 is 0 Å². The molecule has 0 bridgehead atoms. The van der Waals surface area contributed by atoms with Crippen LogP contribution in [0.4, 0.5) is 0 Å². The number of carbonyl (C=O) groups is 2. The monoisotopic (exact) mass is 503 g/mol. The van der Waals surface area contributed by atoms with Gasteiger partial charge in [0, 0.05) is 44.1 Å². The van der Waals surface area contributed by atoms with Gasteiger partial charge in [-0.25, -0.2) is 0 Å². The summed E-state index contributed by atoms with van der Waals surface area (Å²) in [7, 11) is 0. The second kappa shape index (κ2) is 10.0. The quantitative estimate of drug-likeness (QED) is 0.512. The third kappa shape index (κ3) is 4.87. The van der Waals surface area contributed by atoms with Gasteiger partial charge < -0.3 is 19.6 Å². The molecule has 0 unspecified atom stereocenters. The van der Waals surface area contributed by atoms with E-state index in [-0.39, 0.29) is 23.1 Å². The largest absolute Gasteiger partial charge is 0.507 e. The molecule has 0 atom stereocenters. The number of phenolic OH excluding ortho intramolecular Hbond substituents is 1. The minimum Gasteiger partial charge on any atom is -0.507 e. The van der Waals surface area contributed by atoms with Crippen LogP contribution in [0.1, 0.15) is 59.3 Å². The van der Waals surface area contributed by atoms with Crippen LogP contribution in [-0.4, -0.2) is 74.6 Å². The first-order chi connectivity index (χ1) is 18.0. The number of aromatic amines is 1. The summed E-state index contributed by atoms with van der Waals surface area (Å²) in [5.74, 6) is 0.639. The van der Waals surface area contributed by atoms with Crippen molar-refractivity contribution in [2.24, 2.45) is 0 Å². The number of fused-ring (bicyclic) bond motifs is 2. The zero-order valence-electron chi connectivity index (χ0n) is 21.0. The second-order valence-electron chi connectivity index (χ2n) is 10.3. The van der Waals surface area contributed by atoms with Gasteiger partial charge in [0.1, 0.15) is 18.1 Å². The summed E-state index contributed by atoms with van der Waals surface area (Å²) in [6.07, 6.45) is 5.28. The van der Waals surface area contributed by atoms with Crippen LogP contribution in [0.5, 0.6) is 11.5 Å². The maximum atomic E-state index is 13.5. The average Bonchev–Trinajstić information content (AvgIpc) is 3.62. The molecule has 194 valence electrons. The molecule has 2 saturated heterocycles. The fourth-order valence-corrected chi connectivity index (χ4v) is 5.70. The predicted molar refractivity (Wildman–Crippen MR) is 138 cm³/mol. The Hall–Kier alpha value is -3.59. The summed E-state index contributed by atoms with van der Waals surface area (Å²) in [6, 6.07) is 9.28. The highest BCUT2D eigenvalue weighted by molar-refractivity contribution is 6.01. The summed E-state index contributed by atoms with van der Waals surface area (Å²) < 4.78 is 6.02. The molecule has 9 nitrogen and oxygen atoms in total. The Morgan fingerprint density at radius 2 is 1.86 bits per heavy atom. The number of piperidine rings is 1. The molecule has 9 heteroatoms. The van der Waals surface area contributed by atoms with Crippen molar-refractivity contribution in [2.75, 3.05) is 32.8 Å². The zero-order valence-corrected chi connectivity index (χ0v) is 21.0. The molecular weight excluding hydrogens is 470 g/mol. The Morgan fingerprint density at radius 3 is 2.68 bits per heavy atom. The number of phenols is 1. The predicted octanol–water partition coefficient (Wildman–Crippen LogP) is 3.41. The maximum absolute atomic E-state index is 13.5. The lowest BCUT2D eigenvalue weighted by Gasteiger charge is -2.26. The molecule has 0 saturated carbocycles. The molecule has 2 fully saturated rings. The maximum Gasteiger partial charge on any atom is 0.258 e. The third-order valence-electron chi connectivity index (χ3n) is 7.81. The van der Waals surface area contributed by atoms with E-state index in [1.807, 2.05) is 18.2 Å². The van der Waals surface area contributed by atoms with E-state index < -0.39 is 0 Å². The van der Waals surface area contributed by atoms with E-state index in [1.54, 1.807) is 21.9 Å². The molecule has 0 aliphatic carbocycles. The van der Waals surface area contributed by atoms with Crippen molar-refractivity contribution in [3.8, 4) is 11.5 Å². The van der Waals surface area contributed by atoms with Gasteiger partial charge in [-0.3, -0.25) is 19.6 Å². The van der Waals surface area contributed by atoms with Gasteiger partial charge in [0.25, 0.3) is 5.91 Å². The number of ether oxygens (including phenoxy) is 1. The number of hydrogen-bond donors (Lipinski definition) is 2. The fourth-order valence-electron chi connectivity index (χ4n) is 5.70. The topological polar surface area (TPSA) is 102 Å². The number of nitrogens with zero attached hydrogens (tertiary/aromatic N) is 4. The number of aromatic nitrogens is 2. The number of amides is 2. The van der Waals surface area contributed by atoms with Crippen LogP contribution in [-0.2, 0) is 24.4 Å². The number of likely N-dealkylation sites (tertiary alicyclic amines) is 2. The lowest BCUT2D eigenvalue weighted by molar-refractivity contribution is -0.128. The number of benzene rings is 2. The number of rotatable bonds is 7. The molecule has 1 aromatic heterocycles. The number of nitrogens with one attached hydrogen (secondary N) is 1. The standard InChI is InChI=1S/C28H33N5O4/c34-26-15-24-22(25(30-29-24)18-32-10-4-5-27(32)35)14-23(26)28(36)33-16-19-6-7-21(13-20(19)17-33)37-12-11-31-8-2-1-3-9-31/h6-7,13-15,34H,1-5,8-12,16-18H2,(H,29,30). The molecule has 2 aromatic carbocycles. The van der Waals surface area contributed by atoms with E-state index in [0.29, 0.717) is 50.4 Å². The van der Waals surface area contributed by atoms with Crippen molar-refractivity contribution in [1.82, 2.24) is 24.9 Å². The summed E-state index contributed by atoms with van der Waals surface area (Å²) >= 11 is 0. The van der Waals surface area contributed by atoms with Gasteiger partial charge in [0.15, 0.2) is 0 Å². The lowest BCUT2D eigenvalue weighted by Crippen LogP contribution is -2.33. The Morgan fingerprint density at radius 1 is 1.03 bits per heavy atom. The minimum absolute atomic E-state index is 0.0809. The molecule has 4 heterocycles. The van der Waals surface area contributed by atoms with Crippen LogP contribution in [0, 0.1) is 0 Å². The lowest BCUT2D eigenvalue weighted by atomic mass is 10.1. The summed E-state index contributed by atoms with van der Waals surface area (Å²) in [4.78, 5) is 31.5. The van der Waals surface area contributed by atoms with Gasteiger partial charge in [0.2, 0.25) is 5.91 Å². The van der Waals surface area contributed by atoms with Crippen molar-refractivity contribution in [2.45, 2.75) is 51.7 Å². The molecule has 3 aliphatic rings. The molecular formula is C28H33N5O4. The van der Waals surface area contributed by atoms with E-state index in [1.165, 1.54) is 19.3 Å². The Kier molecular flexibility index (Phi) is 6.46. The van der Waals surface area contributed by atoms with Crippen LogP contribution < -0.4 is 4.74 Å². The first kappa shape index (κ1) is 23.8. The minimum atomic E-state index is -0.229. The molecule has 2 amide bonds. The third-order valence-corrected chi connectivity index (χ3v) is 7.81. The van der Waals surface area contributed by atoms with Gasteiger partial charge in [-0.15, -0.1) is 0 Å². The highest BCUT2D eigenvalue weighted by Gasteiger charge is 2.28. The van der Waals surface area contributed by atoms with Crippen molar-refractivity contribution in [3.05, 3.63) is 52.7 Å². The Balaban J connectivity index is 1.14. The summed E-state index contributed by atoms with van der Waals surface area (Å²) in [6.45, 7) is 5.96. The Bertz CT molecular complexity index is 1330. The number of aromatic hydroxyl groups is 1. The van der Waals surface area contributed by atoms with E-state index in [2.05, 4.69) is 15.1 Å². The average molecular weight is 504 g/mol. The van der Waals surface area contributed by atoms with E-state index in [9.17, 15) is 14.7 Å². The number of hydrogen-bond acceptors (Lipinski definition) is 6. The normalized spacial score (nSPS) is 18.1. The van der Waals surface area contributed by atoms with Gasteiger partial charge in [-0.2, -0.15) is 5.10 Å². The SMILES string of the molecule is O=C1CCCN1Cc1n[nH]c2cc(O)c(C(=O)N3Cc4ccc(OCCN5CCCCC5)cc4C3)cc12. The van der Waals surface area contributed by atoms with E-state index in [0.717, 1.165) is 48.3 Å². The Labute approximate surface area is 216 Å². The van der Waals surface area contributed by atoms with Crippen molar-refractivity contribution >= 4 is 22.7 Å². The van der Waals surface area contributed by atoms with Crippen molar-refractivity contribution in [1.29, 1.82) is 0 Å². The summed E-state index contributed by atoms with van der Waals surface area (Å²) in [5, 5.41) is 18.7. The molecule has 37 heavy (non-hydrogen) atoms. The number of carbonyl (C=O) groups excluding carboxylic acids is 2. The van der Waals surface area contributed by atoms with Gasteiger partial charge in [-0.05, 0) is 61.7 Å². The van der Waals surface area contributed by atoms with Crippen molar-refractivity contribution in [3.63, 3.8) is 0 Å². The molecule has 0 radical (unpaired) electrons. The van der Waals surface area contributed by atoms with Gasteiger partial charge >= 0.3 is 0 Å². The van der Waals surface area contributed by atoms with Crippen LogP contribution in [0.2, 0.25) is 0 Å². The smallest absolute Gasteiger partial charge is 0.258 e. The van der Waals surface area contributed by atoms with Crippen LogP contribution in [0.25, 0.3) is 10.9 Å². The first-order valence-electron chi connectivity index (χ1n) is 13.3. The molecule has 0 spiro atoms. The van der Waals surface area contributed by atoms with Gasteiger partial charge in [-0.1, -0.05) is 12.5 Å². The van der Waals surface area contributed by atoms with Crippen LogP contribution >= 0.6 is 0 Å². The first-order valence-corrected chi connectivity index (χ1v) is 13.3. The van der Waals surface area contributed by atoms with Gasteiger partial charge in [0.05, 0.1) is 23.3 Å². The van der Waals surface area contributed by atoms with Crippen LogP contribution in [0.3, 0.4) is 0 Å². The fraction of sp³-hybridized carbons (Fsp3) is 0.464. The molecule has 3 aliphatic heterocycles. The molecule has 3 aromatic rings.